The van der Waals surface area contributed by atoms with E-state index in [9.17, 15) is 4.79 Å². The second-order valence-electron chi connectivity index (χ2n) is 6.09. The molecule has 0 aromatic heterocycles. The minimum Gasteiger partial charge on any atom is -0.371 e. The van der Waals surface area contributed by atoms with Gasteiger partial charge >= 0.3 is 0 Å². The van der Waals surface area contributed by atoms with Crippen LogP contribution in [0.5, 0.6) is 0 Å². The number of carbonyl (C=O) groups excluding carboxylic acids is 1. The van der Waals surface area contributed by atoms with Crippen LogP contribution in [0.4, 0.5) is 11.4 Å². The van der Waals surface area contributed by atoms with Crippen molar-refractivity contribution in [3.63, 3.8) is 0 Å². The summed E-state index contributed by atoms with van der Waals surface area (Å²) in [5.41, 5.74) is 12.7. The first-order chi connectivity index (χ1) is 11.6. The minimum atomic E-state index is 0.0640. The van der Waals surface area contributed by atoms with Crippen LogP contribution in [0.2, 0.25) is 0 Å². The number of piperidine rings is 1. The molecule has 1 amide bonds. The van der Waals surface area contributed by atoms with Crippen molar-refractivity contribution in [2.75, 3.05) is 37.6 Å². The molecular weight excluding hydrogens is 304 g/mol. The monoisotopic (exact) mass is 332 g/mol. The van der Waals surface area contributed by atoms with Crippen LogP contribution in [0.3, 0.4) is 0 Å². The van der Waals surface area contributed by atoms with Gasteiger partial charge in [0.05, 0.1) is 12.2 Å². The van der Waals surface area contributed by atoms with Gasteiger partial charge in [0.1, 0.15) is 0 Å². The van der Waals surface area contributed by atoms with Crippen molar-refractivity contribution in [1.29, 1.82) is 0 Å². The lowest BCUT2D eigenvalue weighted by atomic mass is 9.97. The summed E-state index contributed by atoms with van der Waals surface area (Å²) in [4.78, 5) is 18.1. The Morgan fingerprint density at radius 1 is 1.33 bits per heavy atom. The van der Waals surface area contributed by atoms with Gasteiger partial charge in [-0.15, -0.1) is 0 Å². The largest absolute Gasteiger partial charge is 0.371 e. The van der Waals surface area contributed by atoms with Gasteiger partial charge in [-0.25, -0.2) is 4.99 Å². The Morgan fingerprint density at radius 3 is 2.75 bits per heavy atom. The highest BCUT2D eigenvalue weighted by molar-refractivity contribution is 5.79. The van der Waals surface area contributed by atoms with Gasteiger partial charge in [0.2, 0.25) is 5.91 Å². The fraction of sp³-hybridized carbons (Fsp3) is 0.529. The smallest absolute Gasteiger partial charge is 0.233 e. The highest BCUT2D eigenvalue weighted by Gasteiger charge is 2.20. The van der Waals surface area contributed by atoms with E-state index in [4.69, 9.17) is 11.5 Å². The maximum Gasteiger partial charge on any atom is 0.233 e. The number of nitrogens with two attached hydrogens (primary N) is 2. The summed E-state index contributed by atoms with van der Waals surface area (Å²) in [6.07, 6.45) is 2.27. The zero-order valence-corrected chi connectivity index (χ0v) is 14.3. The Bertz CT molecular complexity index is 553. The number of guanidine groups is 1. The predicted octanol–water partition coefficient (Wildman–Crippen LogP) is 0.534. The second kappa shape index (κ2) is 9.12. The Kier molecular flexibility index (Phi) is 6.87. The number of nitrogens with zero attached hydrogens (tertiary/aromatic N) is 2. The molecule has 24 heavy (non-hydrogen) atoms. The average molecular weight is 332 g/mol. The molecule has 7 nitrogen and oxygen atoms in total. The fourth-order valence-corrected chi connectivity index (χ4v) is 2.91. The van der Waals surface area contributed by atoms with Crippen LogP contribution in [0.15, 0.2) is 29.3 Å². The van der Waals surface area contributed by atoms with E-state index in [0.29, 0.717) is 12.5 Å². The van der Waals surface area contributed by atoms with E-state index in [1.165, 1.54) is 0 Å². The molecule has 1 saturated heterocycles. The van der Waals surface area contributed by atoms with Gasteiger partial charge in [-0.2, -0.15) is 0 Å². The molecule has 132 valence electrons. The van der Waals surface area contributed by atoms with Crippen molar-refractivity contribution in [2.45, 2.75) is 19.8 Å². The third kappa shape index (κ3) is 5.73. The topological polar surface area (TPSA) is 109 Å². The van der Waals surface area contributed by atoms with Crippen molar-refractivity contribution in [3.05, 3.63) is 24.3 Å². The van der Waals surface area contributed by atoms with Gasteiger partial charge in [0.15, 0.2) is 5.96 Å². The van der Waals surface area contributed by atoms with Crippen LogP contribution in [0, 0.1) is 5.92 Å². The summed E-state index contributed by atoms with van der Waals surface area (Å²) in [5.74, 6) is 0.603. The quantitative estimate of drug-likeness (QED) is 0.430. The lowest BCUT2D eigenvalue weighted by molar-refractivity contribution is -0.120. The van der Waals surface area contributed by atoms with Crippen LogP contribution in [-0.2, 0) is 4.79 Å². The molecule has 1 atom stereocenters. The summed E-state index contributed by atoms with van der Waals surface area (Å²) in [6, 6.07) is 7.90. The Hall–Kier alpha value is -2.28. The fourth-order valence-electron chi connectivity index (χ4n) is 2.91. The summed E-state index contributed by atoms with van der Waals surface area (Å²) in [5, 5.41) is 6.05. The number of hydrogen-bond donors (Lipinski definition) is 4. The number of hydrogen-bond acceptors (Lipinski definition) is 4. The average Bonchev–Trinajstić information content (AvgIpc) is 2.58. The third-order valence-electron chi connectivity index (χ3n) is 4.12. The lowest BCUT2D eigenvalue weighted by Crippen LogP contribution is -2.42. The van der Waals surface area contributed by atoms with Crippen LogP contribution in [0.25, 0.3) is 0 Å². The number of benzene rings is 1. The first kappa shape index (κ1) is 18.1. The summed E-state index contributed by atoms with van der Waals surface area (Å²) >= 11 is 0. The maximum absolute atomic E-state index is 11.7. The summed E-state index contributed by atoms with van der Waals surface area (Å²) < 4.78 is 0. The molecule has 2 rings (SSSR count). The first-order valence-corrected chi connectivity index (χ1v) is 8.50. The van der Waals surface area contributed by atoms with E-state index in [1.807, 2.05) is 31.2 Å². The SMILES string of the molecule is CCNCC(=O)NCC1CCCN(c2ccc(N=C(N)N)cc2)C1. The molecule has 7 heteroatoms. The van der Waals surface area contributed by atoms with E-state index in [1.54, 1.807) is 0 Å². The standard InChI is InChI=1S/C17H28N6O/c1-2-20-11-16(24)21-10-13-4-3-9-23(12-13)15-7-5-14(6-8-15)22-17(18)19/h5-8,13,20H,2-4,9-12H2,1H3,(H,21,24)(H4,18,19,22). The molecule has 0 bridgehead atoms. The van der Waals surface area contributed by atoms with E-state index < -0.39 is 0 Å². The van der Waals surface area contributed by atoms with Crippen molar-refractivity contribution in [3.8, 4) is 0 Å². The van der Waals surface area contributed by atoms with Gasteiger partial charge in [-0.3, -0.25) is 4.79 Å². The van der Waals surface area contributed by atoms with Crippen molar-refractivity contribution in [2.24, 2.45) is 22.4 Å². The molecule has 1 aromatic rings. The number of carbonyl (C=O) groups is 1. The summed E-state index contributed by atoms with van der Waals surface area (Å²) in [6.45, 7) is 5.89. The zero-order valence-electron chi connectivity index (χ0n) is 14.3. The molecule has 1 unspecified atom stereocenters. The molecule has 0 spiro atoms. The van der Waals surface area contributed by atoms with E-state index >= 15 is 0 Å². The van der Waals surface area contributed by atoms with Gasteiger partial charge < -0.3 is 27.0 Å². The highest BCUT2D eigenvalue weighted by Crippen LogP contribution is 2.25. The molecule has 0 saturated carbocycles. The predicted molar refractivity (Wildman–Crippen MR) is 98.4 cm³/mol. The number of amides is 1. The zero-order chi connectivity index (χ0) is 17.4. The number of anilines is 1. The Balaban J connectivity index is 1.86. The van der Waals surface area contributed by atoms with Crippen LogP contribution in [-0.4, -0.2) is 44.6 Å². The Morgan fingerprint density at radius 2 is 2.08 bits per heavy atom. The molecule has 0 aliphatic carbocycles. The number of likely N-dealkylation sites (N-methyl/N-ethyl adjacent to an activating group) is 1. The van der Waals surface area contributed by atoms with Gasteiger partial charge in [0.25, 0.3) is 0 Å². The van der Waals surface area contributed by atoms with Crippen LogP contribution in [0.1, 0.15) is 19.8 Å². The van der Waals surface area contributed by atoms with Crippen molar-refractivity contribution >= 4 is 23.2 Å². The van der Waals surface area contributed by atoms with Crippen LogP contribution >= 0.6 is 0 Å². The van der Waals surface area contributed by atoms with E-state index in [0.717, 1.165) is 50.4 Å². The Labute approximate surface area is 143 Å². The molecule has 1 heterocycles. The molecule has 1 fully saturated rings. The molecule has 6 N–H and O–H groups in total. The lowest BCUT2D eigenvalue weighted by Gasteiger charge is -2.34. The minimum absolute atomic E-state index is 0.0640. The van der Waals surface area contributed by atoms with Crippen LogP contribution < -0.4 is 27.0 Å². The number of aliphatic imine (C=N–C) groups is 1. The van der Waals surface area contributed by atoms with E-state index in [-0.39, 0.29) is 11.9 Å². The van der Waals surface area contributed by atoms with Gasteiger partial charge in [0, 0.05) is 25.3 Å². The second-order valence-corrected chi connectivity index (χ2v) is 6.09. The number of nitrogens with one attached hydrogen (secondary N) is 2. The van der Waals surface area contributed by atoms with Crippen molar-refractivity contribution < 1.29 is 4.79 Å². The number of rotatable bonds is 7. The van der Waals surface area contributed by atoms with Gasteiger partial charge in [-0.1, -0.05) is 6.92 Å². The highest BCUT2D eigenvalue weighted by atomic mass is 16.1. The van der Waals surface area contributed by atoms with Crippen molar-refractivity contribution in [1.82, 2.24) is 10.6 Å². The molecule has 1 aliphatic heterocycles. The molecular formula is C17H28N6O. The molecule has 0 radical (unpaired) electrons. The van der Waals surface area contributed by atoms with Gasteiger partial charge in [-0.05, 0) is 49.6 Å². The first-order valence-electron chi connectivity index (χ1n) is 8.50. The molecule has 1 aromatic carbocycles. The summed E-state index contributed by atoms with van der Waals surface area (Å²) in [7, 11) is 0. The normalized spacial score (nSPS) is 17.4. The third-order valence-corrected chi connectivity index (χ3v) is 4.12. The maximum atomic E-state index is 11.7. The van der Waals surface area contributed by atoms with E-state index in [2.05, 4.69) is 20.5 Å². The molecule has 1 aliphatic rings.